The van der Waals surface area contributed by atoms with Crippen molar-refractivity contribution in [3.8, 4) is 0 Å². The highest BCUT2D eigenvalue weighted by Gasteiger charge is 2.29. The first kappa shape index (κ1) is 18.3. The largest absolute Gasteiger partial charge is 0.354 e. The first-order valence-corrected chi connectivity index (χ1v) is 8.07. The van der Waals surface area contributed by atoms with Crippen LogP contribution in [0.25, 0.3) is 0 Å². The molecule has 1 atom stereocenters. The molecule has 130 valence electrons. The molecule has 0 radical (unpaired) electrons. The minimum atomic E-state index is -1.33. The van der Waals surface area contributed by atoms with Crippen LogP contribution >= 0.6 is 0 Å². The molecule has 2 rings (SSSR count). The second-order valence-corrected chi connectivity index (χ2v) is 5.37. The van der Waals surface area contributed by atoms with E-state index < -0.39 is 23.6 Å². The van der Waals surface area contributed by atoms with Crippen LogP contribution in [0.1, 0.15) is 40.6 Å². The number of carbonyl (C=O) groups is 3. The molecule has 0 aliphatic rings. The highest BCUT2D eigenvalue weighted by atomic mass is 16.2. The van der Waals surface area contributed by atoms with E-state index in [0.29, 0.717) is 12.1 Å². The molecule has 2 aromatic rings. The van der Waals surface area contributed by atoms with Crippen molar-refractivity contribution < 1.29 is 14.4 Å². The Labute approximate surface area is 145 Å². The van der Waals surface area contributed by atoms with Gasteiger partial charge in [0.15, 0.2) is 11.8 Å². The summed E-state index contributed by atoms with van der Waals surface area (Å²) in [5.41, 5.74) is 0.382. The van der Waals surface area contributed by atoms with Gasteiger partial charge in [0.25, 0.3) is 11.8 Å². The third kappa shape index (κ3) is 5.20. The second-order valence-electron chi connectivity index (χ2n) is 5.37. The van der Waals surface area contributed by atoms with E-state index in [2.05, 4.69) is 20.6 Å². The highest BCUT2D eigenvalue weighted by Crippen LogP contribution is 2.05. The van der Waals surface area contributed by atoms with Crippen LogP contribution < -0.4 is 10.6 Å². The van der Waals surface area contributed by atoms with Crippen molar-refractivity contribution in [1.82, 2.24) is 20.6 Å². The summed E-state index contributed by atoms with van der Waals surface area (Å²) in [6, 6.07) is 7.04. The van der Waals surface area contributed by atoms with E-state index >= 15 is 0 Å². The van der Waals surface area contributed by atoms with E-state index in [1.165, 1.54) is 18.6 Å². The maximum Gasteiger partial charge on any atom is 0.272 e. The zero-order valence-electron chi connectivity index (χ0n) is 13.9. The van der Waals surface area contributed by atoms with E-state index in [4.69, 9.17) is 0 Å². The molecule has 1 heterocycles. The summed E-state index contributed by atoms with van der Waals surface area (Å²) >= 11 is 0. The molecule has 25 heavy (non-hydrogen) atoms. The molecule has 0 aliphatic carbocycles. The highest BCUT2D eigenvalue weighted by molar-refractivity contribution is 6.16. The Balaban J connectivity index is 2.18. The van der Waals surface area contributed by atoms with Crippen LogP contribution in [-0.4, -0.2) is 40.2 Å². The topological polar surface area (TPSA) is 101 Å². The Morgan fingerprint density at radius 2 is 1.88 bits per heavy atom. The molecule has 1 aromatic heterocycles. The summed E-state index contributed by atoms with van der Waals surface area (Å²) in [4.78, 5) is 45.1. The van der Waals surface area contributed by atoms with Crippen molar-refractivity contribution in [3.05, 3.63) is 60.2 Å². The molecular formula is C18H20N4O3. The summed E-state index contributed by atoms with van der Waals surface area (Å²) in [7, 11) is 0. The predicted molar refractivity (Wildman–Crippen MR) is 92.0 cm³/mol. The van der Waals surface area contributed by atoms with Gasteiger partial charge in [-0.3, -0.25) is 19.4 Å². The van der Waals surface area contributed by atoms with Crippen LogP contribution in [-0.2, 0) is 4.79 Å². The molecule has 2 amide bonds. The number of hydrogen-bond donors (Lipinski definition) is 2. The van der Waals surface area contributed by atoms with Gasteiger partial charge in [-0.2, -0.15) is 0 Å². The van der Waals surface area contributed by atoms with Crippen LogP contribution in [0.5, 0.6) is 0 Å². The van der Waals surface area contributed by atoms with Crippen molar-refractivity contribution in [2.45, 2.75) is 25.8 Å². The van der Waals surface area contributed by atoms with Crippen molar-refractivity contribution in [1.29, 1.82) is 0 Å². The van der Waals surface area contributed by atoms with Gasteiger partial charge in [0, 0.05) is 24.5 Å². The van der Waals surface area contributed by atoms with Gasteiger partial charge in [-0.25, -0.2) is 4.98 Å². The standard InChI is InChI=1S/C18H20N4O3/c1-2-3-9-21-18(25)15(16(23)13-7-5-4-6-8-13)22-17(24)14-12-19-10-11-20-14/h4-8,10-12,15H,2-3,9H2,1H3,(H,21,25)(H,22,24). The Morgan fingerprint density at radius 1 is 1.12 bits per heavy atom. The maximum atomic E-state index is 12.7. The predicted octanol–water partition coefficient (Wildman–Crippen LogP) is 1.37. The molecule has 0 bridgehead atoms. The average molecular weight is 340 g/mol. The molecular weight excluding hydrogens is 320 g/mol. The van der Waals surface area contributed by atoms with Gasteiger partial charge in [-0.05, 0) is 6.42 Å². The van der Waals surface area contributed by atoms with Gasteiger partial charge in [0.2, 0.25) is 0 Å². The number of unbranched alkanes of at least 4 members (excludes halogenated alkanes) is 1. The van der Waals surface area contributed by atoms with Crippen molar-refractivity contribution in [2.24, 2.45) is 0 Å². The molecule has 1 unspecified atom stereocenters. The second kappa shape index (κ2) is 9.27. The lowest BCUT2D eigenvalue weighted by molar-refractivity contribution is -0.121. The quantitative estimate of drug-likeness (QED) is 0.429. The lowest BCUT2D eigenvalue weighted by atomic mass is 10.0. The Hall–Kier alpha value is -3.09. The van der Waals surface area contributed by atoms with Gasteiger partial charge in [0.1, 0.15) is 5.69 Å². The summed E-state index contributed by atoms with van der Waals surface area (Å²) in [6.45, 7) is 2.43. The SMILES string of the molecule is CCCCNC(=O)C(NC(=O)c1cnccn1)C(=O)c1ccccc1. The number of Topliss-reactive ketones (excluding diaryl/α,β-unsaturated/α-hetero) is 1. The third-order valence-corrected chi connectivity index (χ3v) is 3.48. The number of nitrogens with one attached hydrogen (secondary N) is 2. The number of nitrogens with zero attached hydrogens (tertiary/aromatic N) is 2. The van der Waals surface area contributed by atoms with E-state index in [1.54, 1.807) is 30.3 Å². The van der Waals surface area contributed by atoms with Gasteiger partial charge in [-0.15, -0.1) is 0 Å². The molecule has 0 spiro atoms. The molecule has 1 aromatic carbocycles. The minimum Gasteiger partial charge on any atom is -0.354 e. The van der Waals surface area contributed by atoms with Gasteiger partial charge >= 0.3 is 0 Å². The molecule has 0 saturated heterocycles. The van der Waals surface area contributed by atoms with Crippen molar-refractivity contribution in [2.75, 3.05) is 6.54 Å². The number of aromatic nitrogens is 2. The van der Waals surface area contributed by atoms with E-state index in [-0.39, 0.29) is 5.69 Å². The lowest BCUT2D eigenvalue weighted by Crippen LogP contribution is -2.51. The fourth-order valence-corrected chi connectivity index (χ4v) is 2.13. The summed E-state index contributed by atoms with van der Waals surface area (Å²) < 4.78 is 0. The number of ketones is 1. The number of amides is 2. The number of carbonyl (C=O) groups excluding carboxylic acids is 3. The van der Waals surface area contributed by atoms with Gasteiger partial charge in [-0.1, -0.05) is 43.7 Å². The number of benzene rings is 1. The van der Waals surface area contributed by atoms with E-state index in [9.17, 15) is 14.4 Å². The number of hydrogen-bond acceptors (Lipinski definition) is 5. The first-order valence-electron chi connectivity index (χ1n) is 8.07. The smallest absolute Gasteiger partial charge is 0.272 e. The van der Waals surface area contributed by atoms with Crippen LogP contribution in [0, 0.1) is 0 Å². The minimum absolute atomic E-state index is 0.0368. The molecule has 0 saturated carbocycles. The van der Waals surface area contributed by atoms with Crippen LogP contribution in [0.3, 0.4) is 0 Å². The fourth-order valence-electron chi connectivity index (χ4n) is 2.13. The van der Waals surface area contributed by atoms with E-state index in [0.717, 1.165) is 12.8 Å². The monoisotopic (exact) mass is 340 g/mol. The molecule has 2 N–H and O–H groups in total. The molecule has 7 nitrogen and oxygen atoms in total. The summed E-state index contributed by atoms with van der Waals surface area (Å²) in [5.74, 6) is -1.65. The summed E-state index contributed by atoms with van der Waals surface area (Å²) in [6.07, 6.45) is 5.76. The average Bonchev–Trinajstić information content (AvgIpc) is 2.67. The Bertz CT molecular complexity index is 720. The zero-order chi connectivity index (χ0) is 18.1. The fraction of sp³-hybridized carbons (Fsp3) is 0.278. The number of rotatable bonds is 8. The molecule has 7 heteroatoms. The van der Waals surface area contributed by atoms with Crippen LogP contribution in [0.15, 0.2) is 48.9 Å². The molecule has 0 fully saturated rings. The summed E-state index contributed by atoms with van der Waals surface area (Å²) in [5, 5.41) is 5.14. The zero-order valence-corrected chi connectivity index (χ0v) is 13.9. The first-order chi connectivity index (χ1) is 12.1. The Morgan fingerprint density at radius 3 is 2.52 bits per heavy atom. The normalized spacial score (nSPS) is 11.4. The van der Waals surface area contributed by atoms with Crippen molar-refractivity contribution >= 4 is 17.6 Å². The van der Waals surface area contributed by atoms with Gasteiger partial charge < -0.3 is 10.6 Å². The Kier molecular flexibility index (Phi) is 6.76. The van der Waals surface area contributed by atoms with E-state index in [1.807, 2.05) is 6.92 Å². The van der Waals surface area contributed by atoms with Crippen LogP contribution in [0.2, 0.25) is 0 Å². The van der Waals surface area contributed by atoms with Crippen molar-refractivity contribution in [3.63, 3.8) is 0 Å². The third-order valence-electron chi connectivity index (χ3n) is 3.48. The van der Waals surface area contributed by atoms with Gasteiger partial charge in [0.05, 0.1) is 6.20 Å². The lowest BCUT2D eigenvalue weighted by Gasteiger charge is -2.17. The maximum absolute atomic E-state index is 12.7. The van der Waals surface area contributed by atoms with Crippen LogP contribution in [0.4, 0.5) is 0 Å². The molecule has 0 aliphatic heterocycles.